The van der Waals surface area contributed by atoms with Gasteiger partial charge in [0.2, 0.25) is 0 Å². The van der Waals surface area contributed by atoms with E-state index in [9.17, 15) is 9.59 Å². The van der Waals surface area contributed by atoms with Crippen molar-refractivity contribution in [1.29, 1.82) is 0 Å². The normalized spacial score (nSPS) is 10.2. The van der Waals surface area contributed by atoms with Crippen LogP contribution >= 0.6 is 11.6 Å². The van der Waals surface area contributed by atoms with Gasteiger partial charge in [0.15, 0.2) is 0 Å². The lowest BCUT2D eigenvalue weighted by Crippen LogP contribution is -2.13. The van der Waals surface area contributed by atoms with E-state index in [-0.39, 0.29) is 5.56 Å². The van der Waals surface area contributed by atoms with Gasteiger partial charge < -0.3 is 16.2 Å². The molecular weight excluding hydrogens is 292 g/mol. The molecular formula is C15H13ClN2O3. The van der Waals surface area contributed by atoms with Crippen LogP contribution in [0.25, 0.3) is 0 Å². The number of anilines is 2. The van der Waals surface area contributed by atoms with Gasteiger partial charge >= 0.3 is 5.97 Å². The topological polar surface area (TPSA) is 92.4 Å². The zero-order valence-corrected chi connectivity index (χ0v) is 11.9. The fraction of sp³-hybridized carbons (Fsp3) is 0.0667. The minimum Gasteiger partial charge on any atom is -0.478 e. The highest BCUT2D eigenvalue weighted by Gasteiger charge is 2.11. The molecule has 108 valence electrons. The summed E-state index contributed by atoms with van der Waals surface area (Å²) in [4.78, 5) is 23.2. The Kier molecular flexibility index (Phi) is 4.14. The molecule has 0 aliphatic heterocycles. The highest BCUT2D eigenvalue weighted by atomic mass is 35.5. The summed E-state index contributed by atoms with van der Waals surface area (Å²) in [5.41, 5.74) is 7.46. The molecule has 2 rings (SSSR count). The predicted molar refractivity (Wildman–Crippen MR) is 82.0 cm³/mol. The molecule has 0 aliphatic rings. The Hall–Kier alpha value is -2.53. The second-order valence-corrected chi connectivity index (χ2v) is 4.93. The number of nitrogen functional groups attached to an aromatic ring is 1. The fourth-order valence-electron chi connectivity index (χ4n) is 1.82. The summed E-state index contributed by atoms with van der Waals surface area (Å²) in [6.07, 6.45) is 0. The molecule has 0 bridgehead atoms. The Balaban J connectivity index is 2.25. The van der Waals surface area contributed by atoms with Gasteiger partial charge in [-0.15, -0.1) is 0 Å². The van der Waals surface area contributed by atoms with Crippen molar-refractivity contribution in [1.82, 2.24) is 0 Å². The van der Waals surface area contributed by atoms with Crippen molar-refractivity contribution < 1.29 is 14.7 Å². The average Bonchev–Trinajstić information content (AvgIpc) is 2.43. The predicted octanol–water partition coefficient (Wildman–Crippen LogP) is 3.18. The molecule has 0 fully saturated rings. The van der Waals surface area contributed by atoms with E-state index in [0.717, 1.165) is 0 Å². The Bertz CT molecular complexity index is 729. The maximum Gasteiger partial charge on any atom is 0.336 e. The molecule has 6 heteroatoms. The Labute approximate surface area is 126 Å². The number of carbonyl (C=O) groups is 2. The van der Waals surface area contributed by atoms with Crippen LogP contribution in [0.5, 0.6) is 0 Å². The molecule has 0 heterocycles. The number of carboxylic acids is 1. The van der Waals surface area contributed by atoms with E-state index >= 15 is 0 Å². The van der Waals surface area contributed by atoms with E-state index in [1.54, 1.807) is 25.1 Å². The first-order chi connectivity index (χ1) is 9.88. The average molecular weight is 305 g/mol. The first kappa shape index (κ1) is 14.9. The van der Waals surface area contributed by atoms with Crippen molar-refractivity contribution in [3.05, 3.63) is 58.1 Å². The van der Waals surface area contributed by atoms with E-state index < -0.39 is 11.9 Å². The van der Waals surface area contributed by atoms with Crippen LogP contribution in [0, 0.1) is 6.92 Å². The zero-order chi connectivity index (χ0) is 15.6. The second kappa shape index (κ2) is 5.85. The Morgan fingerprint density at radius 2 is 1.90 bits per heavy atom. The summed E-state index contributed by atoms with van der Waals surface area (Å²) >= 11 is 5.80. The SMILES string of the molecule is Cc1ccc(NC(=O)c2ccc(Cl)c(N)c2)cc1C(=O)O. The molecule has 5 nitrogen and oxygen atoms in total. The number of hydrogen-bond acceptors (Lipinski definition) is 3. The number of benzene rings is 2. The van der Waals surface area contributed by atoms with Gasteiger partial charge in [-0.25, -0.2) is 4.79 Å². The number of nitrogens with one attached hydrogen (secondary N) is 1. The zero-order valence-electron chi connectivity index (χ0n) is 11.2. The number of nitrogens with two attached hydrogens (primary N) is 1. The molecule has 0 aliphatic carbocycles. The number of hydrogen-bond donors (Lipinski definition) is 3. The van der Waals surface area contributed by atoms with Gasteiger partial charge in [-0.2, -0.15) is 0 Å². The molecule has 0 spiro atoms. The van der Waals surface area contributed by atoms with Crippen LogP contribution in [0.3, 0.4) is 0 Å². The summed E-state index contributed by atoms with van der Waals surface area (Å²) < 4.78 is 0. The van der Waals surface area contributed by atoms with Crippen LogP contribution in [-0.2, 0) is 0 Å². The van der Waals surface area contributed by atoms with Gasteiger partial charge in [0.1, 0.15) is 0 Å². The standard InChI is InChI=1S/C15H13ClN2O3/c1-8-2-4-10(7-11(8)15(20)21)18-14(19)9-3-5-12(16)13(17)6-9/h2-7H,17H2,1H3,(H,18,19)(H,20,21). The molecule has 2 aromatic carbocycles. The van der Waals surface area contributed by atoms with Crippen molar-refractivity contribution in [3.8, 4) is 0 Å². The molecule has 0 radical (unpaired) electrons. The van der Waals surface area contributed by atoms with Crippen LogP contribution < -0.4 is 11.1 Å². The van der Waals surface area contributed by atoms with Crippen molar-refractivity contribution in [2.45, 2.75) is 6.92 Å². The number of carboxylic acid groups (broad SMARTS) is 1. The van der Waals surface area contributed by atoms with Gasteiger partial charge in [0.05, 0.1) is 16.3 Å². The van der Waals surface area contributed by atoms with Gasteiger partial charge in [-0.05, 0) is 42.8 Å². The minimum atomic E-state index is -1.04. The maximum absolute atomic E-state index is 12.1. The van der Waals surface area contributed by atoms with Gasteiger partial charge in [-0.3, -0.25) is 4.79 Å². The first-order valence-electron chi connectivity index (χ1n) is 6.09. The third kappa shape index (κ3) is 3.32. The second-order valence-electron chi connectivity index (χ2n) is 4.53. The third-order valence-corrected chi connectivity index (χ3v) is 3.33. The lowest BCUT2D eigenvalue weighted by molar-refractivity contribution is 0.0695. The van der Waals surface area contributed by atoms with E-state index in [4.69, 9.17) is 22.4 Å². The number of aromatic carboxylic acids is 1. The molecule has 1 amide bonds. The summed E-state index contributed by atoms with van der Waals surface area (Å²) in [6, 6.07) is 9.22. The molecule has 0 saturated carbocycles. The van der Waals surface area contributed by atoms with Crippen LogP contribution in [0.4, 0.5) is 11.4 Å². The van der Waals surface area contributed by atoms with Gasteiger partial charge in [0.25, 0.3) is 5.91 Å². The minimum absolute atomic E-state index is 0.142. The number of halogens is 1. The van der Waals surface area contributed by atoms with Crippen molar-refractivity contribution in [2.75, 3.05) is 11.1 Å². The van der Waals surface area contributed by atoms with Gasteiger partial charge in [-0.1, -0.05) is 17.7 Å². The van der Waals surface area contributed by atoms with Crippen molar-refractivity contribution >= 4 is 34.9 Å². The van der Waals surface area contributed by atoms with Crippen molar-refractivity contribution in [3.63, 3.8) is 0 Å². The molecule has 4 N–H and O–H groups in total. The molecule has 2 aromatic rings. The van der Waals surface area contributed by atoms with Crippen LogP contribution in [0.15, 0.2) is 36.4 Å². The van der Waals surface area contributed by atoms with Crippen LogP contribution in [0.2, 0.25) is 5.02 Å². The lowest BCUT2D eigenvalue weighted by Gasteiger charge is -2.08. The molecule has 21 heavy (non-hydrogen) atoms. The van der Waals surface area contributed by atoms with E-state index in [0.29, 0.717) is 27.5 Å². The lowest BCUT2D eigenvalue weighted by atomic mass is 10.1. The van der Waals surface area contributed by atoms with Crippen molar-refractivity contribution in [2.24, 2.45) is 0 Å². The van der Waals surface area contributed by atoms with E-state index in [1.165, 1.54) is 18.2 Å². The summed E-state index contributed by atoms with van der Waals surface area (Å²) in [6.45, 7) is 1.69. The largest absolute Gasteiger partial charge is 0.478 e. The van der Waals surface area contributed by atoms with Gasteiger partial charge in [0, 0.05) is 11.3 Å². The summed E-state index contributed by atoms with van der Waals surface area (Å²) in [5, 5.41) is 12.1. The smallest absolute Gasteiger partial charge is 0.336 e. The van der Waals surface area contributed by atoms with E-state index in [2.05, 4.69) is 5.32 Å². The Morgan fingerprint density at radius 3 is 2.52 bits per heavy atom. The number of amides is 1. The number of rotatable bonds is 3. The fourth-order valence-corrected chi connectivity index (χ4v) is 1.94. The maximum atomic E-state index is 12.1. The third-order valence-electron chi connectivity index (χ3n) is 2.98. The first-order valence-corrected chi connectivity index (χ1v) is 6.46. The molecule has 0 aromatic heterocycles. The highest BCUT2D eigenvalue weighted by molar-refractivity contribution is 6.33. The molecule has 0 atom stereocenters. The highest BCUT2D eigenvalue weighted by Crippen LogP contribution is 2.21. The number of aryl methyl sites for hydroxylation is 1. The molecule has 0 saturated heterocycles. The Morgan fingerprint density at radius 1 is 1.19 bits per heavy atom. The van der Waals surface area contributed by atoms with E-state index in [1.807, 2.05) is 0 Å². The monoisotopic (exact) mass is 304 g/mol. The van der Waals surface area contributed by atoms with Crippen LogP contribution in [0.1, 0.15) is 26.3 Å². The quantitative estimate of drug-likeness (QED) is 0.759. The summed E-state index contributed by atoms with van der Waals surface area (Å²) in [7, 11) is 0. The molecule has 0 unspecified atom stereocenters. The summed E-state index contributed by atoms with van der Waals surface area (Å²) in [5.74, 6) is -1.43. The number of carbonyl (C=O) groups excluding carboxylic acids is 1. The van der Waals surface area contributed by atoms with Crippen LogP contribution in [-0.4, -0.2) is 17.0 Å².